The maximum Gasteiger partial charge on any atom is 0.306 e. The Hall–Kier alpha value is -3.84. The summed E-state index contributed by atoms with van der Waals surface area (Å²) in [6.45, 7) is 1.08. The number of hydrogen-bond acceptors (Lipinski definition) is 6. The van der Waals surface area contributed by atoms with E-state index in [9.17, 15) is 9.59 Å². The number of nitrogens with one attached hydrogen (secondary N) is 1. The first kappa shape index (κ1) is 25.8. The van der Waals surface area contributed by atoms with Crippen LogP contribution < -0.4 is 14.8 Å². The van der Waals surface area contributed by atoms with Gasteiger partial charge < -0.3 is 19.5 Å². The lowest BCUT2D eigenvalue weighted by molar-refractivity contribution is -0.141. The molecule has 0 aromatic heterocycles. The van der Waals surface area contributed by atoms with Crippen molar-refractivity contribution in [2.75, 3.05) is 34.4 Å². The van der Waals surface area contributed by atoms with E-state index < -0.39 is 0 Å². The van der Waals surface area contributed by atoms with Crippen LogP contribution in [0.1, 0.15) is 29.2 Å². The number of carbonyl (C=O) groups excluding carboxylic acids is 2. The molecule has 0 radical (unpaired) electrons. The minimum Gasteiger partial charge on any atom is -0.497 e. The zero-order valence-corrected chi connectivity index (χ0v) is 20.4. The van der Waals surface area contributed by atoms with Crippen molar-refractivity contribution in [1.29, 1.82) is 0 Å². The maximum absolute atomic E-state index is 13.2. The van der Waals surface area contributed by atoms with Crippen LogP contribution in [-0.4, -0.2) is 51.2 Å². The number of carbonyl (C=O) groups is 2. The second-order valence-electron chi connectivity index (χ2n) is 8.07. The highest BCUT2D eigenvalue weighted by Crippen LogP contribution is 2.26. The van der Waals surface area contributed by atoms with Gasteiger partial charge in [-0.2, -0.15) is 0 Å². The number of ether oxygens (including phenoxy) is 3. The van der Waals surface area contributed by atoms with E-state index in [1.165, 1.54) is 7.11 Å². The first-order valence-electron chi connectivity index (χ1n) is 11.4. The third-order valence-electron chi connectivity index (χ3n) is 5.68. The van der Waals surface area contributed by atoms with Gasteiger partial charge in [-0.05, 0) is 41.0 Å². The number of rotatable bonds is 12. The van der Waals surface area contributed by atoms with E-state index in [2.05, 4.69) is 5.32 Å². The second-order valence-corrected chi connectivity index (χ2v) is 8.07. The highest BCUT2D eigenvalue weighted by molar-refractivity contribution is 5.79. The molecule has 0 bridgehead atoms. The Kier molecular flexibility index (Phi) is 9.69. The minimum absolute atomic E-state index is 0.134. The summed E-state index contributed by atoms with van der Waals surface area (Å²) in [6.07, 6.45) is 0.205. The van der Waals surface area contributed by atoms with Crippen LogP contribution in [0.3, 0.4) is 0 Å². The number of esters is 1. The van der Waals surface area contributed by atoms with Crippen molar-refractivity contribution in [1.82, 2.24) is 10.2 Å². The summed E-state index contributed by atoms with van der Waals surface area (Å²) in [7, 11) is 4.60. The predicted octanol–water partition coefficient (Wildman–Crippen LogP) is 3.97. The first-order valence-corrected chi connectivity index (χ1v) is 11.4. The normalized spacial score (nSPS) is 10.8. The molecule has 7 nitrogen and oxygen atoms in total. The van der Waals surface area contributed by atoms with Crippen molar-refractivity contribution in [2.24, 2.45) is 0 Å². The molecule has 0 unspecified atom stereocenters. The molecule has 3 rings (SSSR count). The van der Waals surface area contributed by atoms with Gasteiger partial charge in [-0.1, -0.05) is 54.6 Å². The third kappa shape index (κ3) is 7.86. The maximum atomic E-state index is 13.2. The topological polar surface area (TPSA) is 77.1 Å². The molecule has 1 amide bonds. The number of methoxy groups -OCH3 is 3. The number of hydrogen-bond donors (Lipinski definition) is 1. The van der Waals surface area contributed by atoms with E-state index in [0.717, 1.165) is 28.2 Å². The van der Waals surface area contributed by atoms with Crippen LogP contribution in [-0.2, 0) is 20.9 Å². The van der Waals surface area contributed by atoms with Crippen LogP contribution in [0.2, 0.25) is 0 Å². The van der Waals surface area contributed by atoms with E-state index in [1.807, 2.05) is 83.8 Å². The molecule has 0 saturated heterocycles. The highest BCUT2D eigenvalue weighted by atomic mass is 16.5. The molecule has 1 N–H and O–H groups in total. The van der Waals surface area contributed by atoms with Crippen molar-refractivity contribution >= 4 is 11.9 Å². The summed E-state index contributed by atoms with van der Waals surface area (Å²) < 4.78 is 15.4. The van der Waals surface area contributed by atoms with Gasteiger partial charge in [0.15, 0.2) is 0 Å². The van der Waals surface area contributed by atoms with Gasteiger partial charge in [0.2, 0.25) is 5.91 Å². The number of benzene rings is 3. The molecule has 3 aromatic carbocycles. The molecule has 0 heterocycles. The molecule has 0 aliphatic carbocycles. The summed E-state index contributed by atoms with van der Waals surface area (Å²) in [5, 5.41) is 3.16. The quantitative estimate of drug-likeness (QED) is 0.399. The molecule has 7 heteroatoms. The minimum atomic E-state index is -0.363. The lowest BCUT2D eigenvalue weighted by atomic mass is 9.98. The molecule has 3 aromatic rings. The highest BCUT2D eigenvalue weighted by Gasteiger charge is 2.20. The first-order chi connectivity index (χ1) is 17.0. The van der Waals surface area contributed by atoms with Crippen LogP contribution in [0.4, 0.5) is 0 Å². The fourth-order valence-corrected chi connectivity index (χ4v) is 3.77. The van der Waals surface area contributed by atoms with Crippen molar-refractivity contribution < 1.29 is 23.8 Å². The van der Waals surface area contributed by atoms with Crippen molar-refractivity contribution in [2.45, 2.75) is 19.0 Å². The Morgan fingerprint density at radius 1 is 0.800 bits per heavy atom. The molecule has 0 atom stereocenters. The van der Waals surface area contributed by atoms with Gasteiger partial charge in [-0.25, -0.2) is 0 Å². The largest absolute Gasteiger partial charge is 0.497 e. The molecular weight excluding hydrogens is 444 g/mol. The predicted molar refractivity (Wildman–Crippen MR) is 134 cm³/mol. The van der Waals surface area contributed by atoms with Crippen LogP contribution in [0, 0.1) is 0 Å². The Labute approximate surface area is 206 Å². The Morgan fingerprint density at radius 3 is 1.83 bits per heavy atom. The number of amides is 1. The average molecular weight is 477 g/mol. The van der Waals surface area contributed by atoms with Gasteiger partial charge in [0, 0.05) is 13.1 Å². The van der Waals surface area contributed by atoms with Crippen LogP contribution in [0.5, 0.6) is 11.5 Å². The smallest absolute Gasteiger partial charge is 0.306 e. The molecule has 0 spiro atoms. The van der Waals surface area contributed by atoms with Gasteiger partial charge >= 0.3 is 5.97 Å². The lowest BCUT2D eigenvalue weighted by Crippen LogP contribution is -2.39. The van der Waals surface area contributed by atoms with E-state index >= 15 is 0 Å². The van der Waals surface area contributed by atoms with E-state index in [1.54, 1.807) is 14.2 Å². The Bertz CT molecular complexity index is 1020. The number of nitrogens with zero attached hydrogens (tertiary/aromatic N) is 1. The molecule has 0 saturated carbocycles. The standard InChI is InChI=1S/C28H32N2O5/c1-33-24-13-9-22(10-14-24)28(23-11-15-25(34-2)16-12-23)29-26(31)20-30(18-17-27(32)35-3)19-21-7-5-4-6-8-21/h4-16,28H,17-20H2,1-3H3,(H,29,31). The summed E-state index contributed by atoms with van der Waals surface area (Å²) in [5.41, 5.74) is 2.91. The summed E-state index contributed by atoms with van der Waals surface area (Å²) in [6, 6.07) is 24.7. The molecule has 0 aliphatic rings. The third-order valence-corrected chi connectivity index (χ3v) is 5.68. The fourth-order valence-electron chi connectivity index (χ4n) is 3.77. The van der Waals surface area contributed by atoms with E-state index in [-0.39, 0.29) is 30.9 Å². The second kappa shape index (κ2) is 13.2. The summed E-state index contributed by atoms with van der Waals surface area (Å²) >= 11 is 0. The van der Waals surface area contributed by atoms with E-state index in [0.29, 0.717) is 13.1 Å². The van der Waals surface area contributed by atoms with Gasteiger partial charge in [0.25, 0.3) is 0 Å². The van der Waals surface area contributed by atoms with E-state index in [4.69, 9.17) is 14.2 Å². The molecule has 0 fully saturated rings. The van der Waals surface area contributed by atoms with Gasteiger partial charge in [0.1, 0.15) is 11.5 Å². The van der Waals surface area contributed by atoms with Crippen molar-refractivity contribution in [3.05, 3.63) is 95.6 Å². The van der Waals surface area contributed by atoms with Crippen LogP contribution >= 0.6 is 0 Å². The lowest BCUT2D eigenvalue weighted by Gasteiger charge is -2.25. The van der Waals surface area contributed by atoms with Crippen molar-refractivity contribution in [3.63, 3.8) is 0 Å². The van der Waals surface area contributed by atoms with Crippen LogP contribution in [0.15, 0.2) is 78.9 Å². The fraction of sp³-hybridized carbons (Fsp3) is 0.286. The monoisotopic (exact) mass is 476 g/mol. The molecular formula is C28H32N2O5. The van der Waals surface area contributed by atoms with Crippen molar-refractivity contribution in [3.8, 4) is 11.5 Å². The molecule has 184 valence electrons. The van der Waals surface area contributed by atoms with Gasteiger partial charge in [-0.3, -0.25) is 14.5 Å². The average Bonchev–Trinajstić information content (AvgIpc) is 2.91. The Morgan fingerprint density at radius 2 is 1.34 bits per heavy atom. The van der Waals surface area contributed by atoms with Crippen LogP contribution in [0.25, 0.3) is 0 Å². The SMILES string of the molecule is COC(=O)CCN(CC(=O)NC(c1ccc(OC)cc1)c1ccc(OC)cc1)Cc1ccccc1. The summed E-state index contributed by atoms with van der Waals surface area (Å²) in [4.78, 5) is 26.9. The molecule has 35 heavy (non-hydrogen) atoms. The zero-order chi connectivity index (χ0) is 25.0. The van der Waals surface area contributed by atoms with Gasteiger partial charge in [-0.15, -0.1) is 0 Å². The molecule has 0 aliphatic heterocycles. The Balaban J connectivity index is 1.79. The summed E-state index contributed by atoms with van der Waals surface area (Å²) in [5.74, 6) is 1.02. The van der Waals surface area contributed by atoms with Gasteiger partial charge in [0.05, 0.1) is 40.3 Å². The zero-order valence-electron chi connectivity index (χ0n) is 20.4.